The SMILES string of the molecule is COC(=O)N1CC(CCO)C1. The molecule has 0 saturated carbocycles. The highest BCUT2D eigenvalue weighted by atomic mass is 16.5. The number of hydrogen-bond donors (Lipinski definition) is 1. The predicted octanol–water partition coefficient (Wildman–Crippen LogP) is 0.0670. The zero-order valence-electron chi connectivity index (χ0n) is 6.62. The quantitative estimate of drug-likeness (QED) is 0.620. The largest absolute Gasteiger partial charge is 0.453 e. The fourth-order valence-corrected chi connectivity index (χ4v) is 1.21. The Morgan fingerprint density at radius 3 is 2.82 bits per heavy atom. The smallest absolute Gasteiger partial charge is 0.409 e. The van der Waals surface area contributed by atoms with Crippen LogP contribution in [0.2, 0.25) is 0 Å². The molecule has 1 heterocycles. The minimum Gasteiger partial charge on any atom is -0.453 e. The van der Waals surface area contributed by atoms with E-state index in [9.17, 15) is 4.79 Å². The van der Waals surface area contributed by atoms with Gasteiger partial charge in [-0.2, -0.15) is 0 Å². The van der Waals surface area contributed by atoms with Crippen molar-refractivity contribution in [1.82, 2.24) is 4.90 Å². The average molecular weight is 159 g/mol. The molecule has 0 aliphatic carbocycles. The number of hydrogen-bond acceptors (Lipinski definition) is 3. The van der Waals surface area contributed by atoms with Crippen molar-refractivity contribution in [2.75, 3.05) is 26.8 Å². The molecule has 4 heteroatoms. The molecule has 0 aromatic heterocycles. The lowest BCUT2D eigenvalue weighted by Crippen LogP contribution is -2.50. The molecule has 0 aromatic rings. The first-order valence-electron chi connectivity index (χ1n) is 3.71. The Balaban J connectivity index is 2.13. The Labute approximate surface area is 65.8 Å². The summed E-state index contributed by atoms with van der Waals surface area (Å²) in [5, 5.41) is 8.55. The highest BCUT2D eigenvalue weighted by Gasteiger charge is 2.30. The van der Waals surface area contributed by atoms with E-state index in [1.807, 2.05) is 0 Å². The first-order valence-corrected chi connectivity index (χ1v) is 3.71. The van der Waals surface area contributed by atoms with Gasteiger partial charge in [-0.15, -0.1) is 0 Å². The van der Waals surface area contributed by atoms with Gasteiger partial charge in [0.1, 0.15) is 0 Å². The maximum atomic E-state index is 10.8. The third-order valence-electron chi connectivity index (χ3n) is 1.93. The van der Waals surface area contributed by atoms with E-state index in [2.05, 4.69) is 4.74 Å². The van der Waals surface area contributed by atoms with E-state index in [-0.39, 0.29) is 12.7 Å². The number of amides is 1. The van der Waals surface area contributed by atoms with Crippen molar-refractivity contribution in [3.8, 4) is 0 Å². The number of rotatable bonds is 2. The molecule has 1 N–H and O–H groups in total. The normalized spacial score (nSPS) is 17.8. The lowest BCUT2D eigenvalue weighted by atomic mass is 9.98. The zero-order valence-corrected chi connectivity index (χ0v) is 6.62. The molecule has 0 bridgehead atoms. The van der Waals surface area contributed by atoms with Crippen molar-refractivity contribution >= 4 is 6.09 Å². The Morgan fingerprint density at radius 2 is 2.36 bits per heavy atom. The van der Waals surface area contributed by atoms with Crippen LogP contribution in [0.15, 0.2) is 0 Å². The van der Waals surface area contributed by atoms with Crippen LogP contribution in [0.25, 0.3) is 0 Å². The molecule has 1 rings (SSSR count). The van der Waals surface area contributed by atoms with Gasteiger partial charge in [0.15, 0.2) is 0 Å². The summed E-state index contributed by atoms with van der Waals surface area (Å²) in [6, 6.07) is 0. The first-order chi connectivity index (χ1) is 5.27. The van der Waals surface area contributed by atoms with E-state index in [1.54, 1.807) is 4.90 Å². The van der Waals surface area contributed by atoms with Crippen molar-refractivity contribution in [3.63, 3.8) is 0 Å². The molecule has 0 radical (unpaired) electrons. The van der Waals surface area contributed by atoms with E-state index < -0.39 is 0 Å². The fourth-order valence-electron chi connectivity index (χ4n) is 1.21. The average Bonchev–Trinajstić information content (AvgIpc) is 1.94. The molecule has 1 saturated heterocycles. The first kappa shape index (κ1) is 8.33. The second kappa shape index (κ2) is 3.57. The molecule has 0 spiro atoms. The molecule has 1 aliphatic rings. The zero-order chi connectivity index (χ0) is 8.27. The van der Waals surface area contributed by atoms with Crippen LogP contribution in [0.4, 0.5) is 4.79 Å². The maximum Gasteiger partial charge on any atom is 0.409 e. The molecule has 64 valence electrons. The second-order valence-corrected chi connectivity index (χ2v) is 2.75. The van der Waals surface area contributed by atoms with Crippen LogP contribution in [0, 0.1) is 5.92 Å². The molecule has 0 unspecified atom stereocenters. The summed E-state index contributed by atoms with van der Waals surface area (Å²) < 4.78 is 4.51. The summed E-state index contributed by atoms with van der Waals surface area (Å²) >= 11 is 0. The van der Waals surface area contributed by atoms with Gasteiger partial charge in [-0.3, -0.25) is 0 Å². The number of ether oxygens (including phenoxy) is 1. The summed E-state index contributed by atoms with van der Waals surface area (Å²) in [5.74, 6) is 0.471. The van der Waals surface area contributed by atoms with Crippen LogP contribution in [0.1, 0.15) is 6.42 Å². The van der Waals surface area contributed by atoms with Gasteiger partial charge in [0.05, 0.1) is 7.11 Å². The minimum absolute atomic E-state index is 0.208. The molecule has 4 nitrogen and oxygen atoms in total. The van der Waals surface area contributed by atoms with Gasteiger partial charge < -0.3 is 14.7 Å². The van der Waals surface area contributed by atoms with Crippen LogP contribution in [-0.4, -0.2) is 42.9 Å². The van der Waals surface area contributed by atoms with Crippen LogP contribution in [0.3, 0.4) is 0 Å². The molecular formula is C7H13NO3. The van der Waals surface area contributed by atoms with E-state index in [0.717, 1.165) is 19.5 Å². The second-order valence-electron chi connectivity index (χ2n) is 2.75. The minimum atomic E-state index is -0.265. The third kappa shape index (κ3) is 1.83. The van der Waals surface area contributed by atoms with Gasteiger partial charge in [-0.25, -0.2) is 4.79 Å². The van der Waals surface area contributed by atoms with Crippen molar-refractivity contribution in [1.29, 1.82) is 0 Å². The van der Waals surface area contributed by atoms with Crippen molar-refractivity contribution in [2.24, 2.45) is 5.92 Å². The number of aliphatic hydroxyl groups excluding tert-OH is 1. The van der Waals surface area contributed by atoms with Gasteiger partial charge in [0.2, 0.25) is 0 Å². The molecule has 0 aromatic carbocycles. The van der Waals surface area contributed by atoms with Gasteiger partial charge in [0, 0.05) is 19.7 Å². The van der Waals surface area contributed by atoms with Crippen LogP contribution in [-0.2, 0) is 4.74 Å². The number of likely N-dealkylation sites (tertiary alicyclic amines) is 1. The summed E-state index contributed by atoms with van der Waals surface area (Å²) in [6.45, 7) is 1.67. The van der Waals surface area contributed by atoms with E-state index in [4.69, 9.17) is 5.11 Å². The molecule has 1 aliphatic heterocycles. The van der Waals surface area contributed by atoms with E-state index in [1.165, 1.54) is 7.11 Å². The standard InChI is InChI=1S/C7H13NO3/c1-11-7(10)8-4-6(5-8)2-3-9/h6,9H,2-5H2,1H3. The maximum absolute atomic E-state index is 10.8. The van der Waals surface area contributed by atoms with Gasteiger partial charge in [-0.1, -0.05) is 0 Å². The van der Waals surface area contributed by atoms with Gasteiger partial charge >= 0.3 is 6.09 Å². The van der Waals surface area contributed by atoms with Gasteiger partial charge in [-0.05, 0) is 12.3 Å². The van der Waals surface area contributed by atoms with Gasteiger partial charge in [0.25, 0.3) is 0 Å². The molecule has 1 fully saturated rings. The summed E-state index contributed by atoms with van der Waals surface area (Å²) in [4.78, 5) is 12.4. The van der Waals surface area contributed by atoms with E-state index >= 15 is 0 Å². The molecular weight excluding hydrogens is 146 g/mol. The lowest BCUT2D eigenvalue weighted by Gasteiger charge is -2.37. The van der Waals surface area contributed by atoms with Crippen molar-refractivity contribution < 1.29 is 14.6 Å². The number of carbonyl (C=O) groups excluding carboxylic acids is 1. The summed E-state index contributed by atoms with van der Waals surface area (Å²) in [5.41, 5.74) is 0. The topological polar surface area (TPSA) is 49.8 Å². The van der Waals surface area contributed by atoms with Crippen LogP contribution < -0.4 is 0 Å². The predicted molar refractivity (Wildman–Crippen MR) is 39.2 cm³/mol. The fraction of sp³-hybridized carbons (Fsp3) is 0.857. The Hall–Kier alpha value is -0.770. The van der Waals surface area contributed by atoms with Crippen molar-refractivity contribution in [2.45, 2.75) is 6.42 Å². The lowest BCUT2D eigenvalue weighted by molar-refractivity contribution is 0.0577. The summed E-state index contributed by atoms with van der Waals surface area (Å²) in [7, 11) is 1.38. The van der Waals surface area contributed by atoms with E-state index in [0.29, 0.717) is 5.92 Å². The molecule has 1 amide bonds. The Morgan fingerprint density at radius 1 is 1.73 bits per heavy atom. The Bertz CT molecular complexity index is 143. The summed E-state index contributed by atoms with van der Waals surface area (Å²) in [6.07, 6.45) is 0.521. The monoisotopic (exact) mass is 159 g/mol. The van der Waals surface area contributed by atoms with Crippen LogP contribution >= 0.6 is 0 Å². The highest BCUT2D eigenvalue weighted by Crippen LogP contribution is 2.18. The Kier molecular flexibility index (Phi) is 2.70. The molecule has 0 atom stereocenters. The number of carbonyl (C=O) groups is 1. The molecule has 11 heavy (non-hydrogen) atoms. The highest BCUT2D eigenvalue weighted by molar-refractivity contribution is 5.68. The van der Waals surface area contributed by atoms with Crippen molar-refractivity contribution in [3.05, 3.63) is 0 Å². The third-order valence-corrected chi connectivity index (χ3v) is 1.93. The number of nitrogens with zero attached hydrogens (tertiary/aromatic N) is 1. The number of methoxy groups -OCH3 is 1. The van der Waals surface area contributed by atoms with Crippen LogP contribution in [0.5, 0.6) is 0 Å². The number of aliphatic hydroxyl groups is 1.